The zero-order chi connectivity index (χ0) is 12.1. The lowest BCUT2D eigenvalue weighted by Crippen LogP contribution is -1.90. The van der Waals surface area contributed by atoms with Crippen LogP contribution in [0.25, 0.3) is 27.3 Å². The van der Waals surface area contributed by atoms with Crippen molar-refractivity contribution in [3.05, 3.63) is 54.9 Å². The van der Waals surface area contributed by atoms with Crippen LogP contribution < -0.4 is 0 Å². The van der Waals surface area contributed by atoms with E-state index < -0.39 is 0 Å². The molecular formula is C15H10N2O. The molecule has 0 atom stereocenters. The minimum Gasteiger partial charge on any atom is -0.507 e. The van der Waals surface area contributed by atoms with Crippen LogP contribution >= 0.6 is 0 Å². The van der Waals surface area contributed by atoms with Gasteiger partial charge in [-0.3, -0.25) is 4.40 Å². The second-order valence-corrected chi connectivity index (χ2v) is 4.34. The fourth-order valence-corrected chi connectivity index (χ4v) is 2.59. The van der Waals surface area contributed by atoms with E-state index in [9.17, 15) is 5.11 Å². The summed E-state index contributed by atoms with van der Waals surface area (Å²) in [4.78, 5) is 4.36. The smallest absolute Gasteiger partial charge is 0.148 e. The van der Waals surface area contributed by atoms with Crippen LogP contribution in [0.15, 0.2) is 54.9 Å². The van der Waals surface area contributed by atoms with Crippen LogP contribution in [0.3, 0.4) is 0 Å². The van der Waals surface area contributed by atoms with Gasteiger partial charge in [0.1, 0.15) is 11.4 Å². The zero-order valence-electron chi connectivity index (χ0n) is 9.54. The molecule has 0 saturated heterocycles. The first-order chi connectivity index (χ1) is 8.86. The number of phenolic OH excluding ortho intramolecular Hbond substituents is 1. The number of pyridine rings is 1. The third-order valence-corrected chi connectivity index (χ3v) is 3.36. The molecule has 0 unspecified atom stereocenters. The Hall–Kier alpha value is -2.55. The minimum atomic E-state index is 0.273. The summed E-state index contributed by atoms with van der Waals surface area (Å²) in [6.07, 6.45) is 3.68. The van der Waals surface area contributed by atoms with E-state index in [-0.39, 0.29) is 5.75 Å². The maximum atomic E-state index is 10.1. The van der Waals surface area contributed by atoms with Crippen LogP contribution in [-0.4, -0.2) is 14.5 Å². The lowest BCUT2D eigenvalue weighted by molar-refractivity contribution is 0.482. The Bertz CT molecular complexity index is 893. The Morgan fingerprint density at radius 1 is 0.944 bits per heavy atom. The van der Waals surface area contributed by atoms with Gasteiger partial charge in [-0.15, -0.1) is 0 Å². The van der Waals surface area contributed by atoms with Crippen LogP contribution in [0.5, 0.6) is 5.75 Å². The van der Waals surface area contributed by atoms with Crippen LogP contribution in [0, 0.1) is 0 Å². The minimum absolute atomic E-state index is 0.273. The van der Waals surface area contributed by atoms with E-state index in [1.165, 1.54) is 0 Å². The van der Waals surface area contributed by atoms with Crippen LogP contribution in [0.2, 0.25) is 0 Å². The molecule has 0 bridgehead atoms. The number of nitrogens with zero attached hydrogens (tertiary/aromatic N) is 2. The molecule has 0 aliphatic rings. The summed E-state index contributed by atoms with van der Waals surface area (Å²) in [7, 11) is 0. The number of aromatic hydroxyl groups is 1. The molecule has 0 saturated carbocycles. The fraction of sp³-hybridized carbons (Fsp3) is 0. The highest BCUT2D eigenvalue weighted by molar-refractivity contribution is 6.13. The molecule has 0 fully saturated rings. The Morgan fingerprint density at radius 2 is 1.78 bits per heavy atom. The van der Waals surface area contributed by atoms with Crippen molar-refractivity contribution < 1.29 is 5.11 Å². The molecule has 2 aromatic heterocycles. The third kappa shape index (κ3) is 1.06. The van der Waals surface area contributed by atoms with E-state index in [1.54, 1.807) is 12.3 Å². The van der Waals surface area contributed by atoms with Crippen molar-refractivity contribution in [3.8, 4) is 5.75 Å². The molecule has 3 heteroatoms. The van der Waals surface area contributed by atoms with E-state index in [2.05, 4.69) is 17.1 Å². The van der Waals surface area contributed by atoms with E-state index in [0.29, 0.717) is 0 Å². The maximum absolute atomic E-state index is 10.1. The largest absolute Gasteiger partial charge is 0.507 e. The Kier molecular flexibility index (Phi) is 1.70. The fourth-order valence-electron chi connectivity index (χ4n) is 2.59. The van der Waals surface area contributed by atoms with Crippen LogP contribution in [-0.2, 0) is 0 Å². The van der Waals surface area contributed by atoms with Crippen LogP contribution in [0.4, 0.5) is 0 Å². The molecular weight excluding hydrogens is 224 g/mol. The number of fused-ring (bicyclic) bond motifs is 6. The first kappa shape index (κ1) is 9.48. The number of hydrogen-bond acceptors (Lipinski definition) is 2. The number of para-hydroxylation sites is 1. The normalized spacial score (nSPS) is 11.6. The number of imidazole rings is 1. The van der Waals surface area contributed by atoms with E-state index >= 15 is 0 Å². The molecule has 3 nitrogen and oxygen atoms in total. The summed E-state index contributed by atoms with van der Waals surface area (Å²) in [6.45, 7) is 0. The van der Waals surface area contributed by atoms with Gasteiger partial charge in [0.05, 0.1) is 10.9 Å². The molecule has 0 aliphatic carbocycles. The maximum Gasteiger partial charge on any atom is 0.148 e. The SMILES string of the molecule is Oc1cccc2c3ccccc3n3ccnc3c12. The van der Waals surface area contributed by atoms with Gasteiger partial charge in [-0.25, -0.2) is 4.98 Å². The predicted octanol–water partition coefficient (Wildman–Crippen LogP) is 3.35. The molecule has 1 N–H and O–H groups in total. The number of hydrogen-bond donors (Lipinski definition) is 1. The standard InChI is InChI=1S/C15H10N2O/c18-13-7-3-5-11-10-4-1-2-6-12(10)17-9-8-16-15(17)14(11)13/h1-9,18H. The first-order valence-corrected chi connectivity index (χ1v) is 5.82. The van der Waals surface area contributed by atoms with E-state index in [4.69, 9.17) is 0 Å². The second kappa shape index (κ2) is 3.23. The van der Waals surface area contributed by atoms with Crippen molar-refractivity contribution in [1.29, 1.82) is 0 Å². The molecule has 86 valence electrons. The second-order valence-electron chi connectivity index (χ2n) is 4.34. The summed E-state index contributed by atoms with van der Waals surface area (Å²) in [5, 5.41) is 13.1. The number of phenols is 1. The van der Waals surface area contributed by atoms with Crippen molar-refractivity contribution in [1.82, 2.24) is 9.38 Å². The molecule has 2 aromatic carbocycles. The monoisotopic (exact) mass is 234 g/mol. The molecule has 0 radical (unpaired) electrons. The first-order valence-electron chi connectivity index (χ1n) is 5.82. The highest BCUT2D eigenvalue weighted by Gasteiger charge is 2.11. The lowest BCUT2D eigenvalue weighted by atomic mass is 10.1. The van der Waals surface area contributed by atoms with Gasteiger partial charge in [-0.1, -0.05) is 30.3 Å². The van der Waals surface area contributed by atoms with Gasteiger partial charge in [0.15, 0.2) is 0 Å². The molecule has 2 heterocycles. The summed E-state index contributed by atoms with van der Waals surface area (Å²) in [6, 6.07) is 13.7. The van der Waals surface area contributed by atoms with Crippen molar-refractivity contribution in [2.24, 2.45) is 0 Å². The molecule has 0 spiro atoms. The Balaban J connectivity index is 2.49. The van der Waals surface area contributed by atoms with Crippen LogP contribution in [0.1, 0.15) is 0 Å². The number of aromatic nitrogens is 2. The summed E-state index contributed by atoms with van der Waals surface area (Å²) in [5.74, 6) is 0.273. The van der Waals surface area contributed by atoms with Gasteiger partial charge in [0, 0.05) is 17.8 Å². The van der Waals surface area contributed by atoms with Gasteiger partial charge in [0.2, 0.25) is 0 Å². The van der Waals surface area contributed by atoms with Gasteiger partial charge in [-0.05, 0) is 17.5 Å². The van der Waals surface area contributed by atoms with Gasteiger partial charge >= 0.3 is 0 Å². The molecule has 0 amide bonds. The van der Waals surface area contributed by atoms with Crippen molar-refractivity contribution >= 4 is 27.3 Å². The highest BCUT2D eigenvalue weighted by atomic mass is 16.3. The van der Waals surface area contributed by atoms with Crippen molar-refractivity contribution in [2.75, 3.05) is 0 Å². The average Bonchev–Trinajstić information content (AvgIpc) is 2.88. The number of rotatable bonds is 0. The molecule has 4 rings (SSSR count). The van der Waals surface area contributed by atoms with Gasteiger partial charge in [-0.2, -0.15) is 0 Å². The molecule has 18 heavy (non-hydrogen) atoms. The summed E-state index contributed by atoms with van der Waals surface area (Å²) >= 11 is 0. The third-order valence-electron chi connectivity index (χ3n) is 3.36. The predicted molar refractivity (Wildman–Crippen MR) is 71.9 cm³/mol. The number of benzene rings is 2. The Morgan fingerprint density at radius 3 is 2.72 bits per heavy atom. The Labute approximate surface area is 103 Å². The lowest BCUT2D eigenvalue weighted by Gasteiger charge is -2.08. The zero-order valence-corrected chi connectivity index (χ0v) is 9.54. The van der Waals surface area contributed by atoms with Crippen molar-refractivity contribution in [2.45, 2.75) is 0 Å². The van der Waals surface area contributed by atoms with E-state index in [0.717, 1.165) is 27.3 Å². The topological polar surface area (TPSA) is 37.5 Å². The summed E-state index contributed by atoms with van der Waals surface area (Å²) < 4.78 is 2.01. The van der Waals surface area contributed by atoms with Crippen molar-refractivity contribution in [3.63, 3.8) is 0 Å². The average molecular weight is 234 g/mol. The summed E-state index contributed by atoms with van der Waals surface area (Å²) in [5.41, 5.74) is 1.89. The quantitative estimate of drug-likeness (QED) is 0.474. The van der Waals surface area contributed by atoms with Gasteiger partial charge in [0.25, 0.3) is 0 Å². The molecule has 0 aliphatic heterocycles. The molecule has 4 aromatic rings. The van der Waals surface area contributed by atoms with Gasteiger partial charge < -0.3 is 5.11 Å². The highest BCUT2D eigenvalue weighted by Crippen LogP contribution is 2.33. The van der Waals surface area contributed by atoms with E-state index in [1.807, 2.05) is 34.9 Å².